The number of hydrogen-bond acceptors (Lipinski definition) is 6. The van der Waals surface area contributed by atoms with E-state index in [0.717, 1.165) is 29.0 Å². The summed E-state index contributed by atoms with van der Waals surface area (Å²) in [4.78, 5) is 38.7. The van der Waals surface area contributed by atoms with Gasteiger partial charge in [-0.15, -0.1) is 16.4 Å². The van der Waals surface area contributed by atoms with Gasteiger partial charge < -0.3 is 9.88 Å². The van der Waals surface area contributed by atoms with E-state index in [1.807, 2.05) is 44.2 Å². The SMILES string of the molecule is Cc1sc2nc(C(=Cc3cnn(-c4ccccc4)n3)C(=O)N3CCCC3)[nH]c(=O)c2c1C. The zero-order valence-corrected chi connectivity index (χ0v) is 18.6. The third-order valence-electron chi connectivity index (χ3n) is 5.71. The van der Waals surface area contributed by atoms with Crippen LogP contribution in [0.5, 0.6) is 0 Å². The highest BCUT2D eigenvalue weighted by Crippen LogP contribution is 2.28. The van der Waals surface area contributed by atoms with Gasteiger partial charge in [0.1, 0.15) is 16.3 Å². The van der Waals surface area contributed by atoms with Crippen LogP contribution in [0.2, 0.25) is 0 Å². The van der Waals surface area contributed by atoms with E-state index in [-0.39, 0.29) is 17.3 Å². The van der Waals surface area contributed by atoms with E-state index in [9.17, 15) is 9.59 Å². The second-order valence-corrected chi connectivity index (χ2v) is 9.03. The van der Waals surface area contributed by atoms with E-state index < -0.39 is 0 Å². The van der Waals surface area contributed by atoms with Crippen LogP contribution in [0.15, 0.2) is 41.3 Å². The number of benzene rings is 1. The van der Waals surface area contributed by atoms with Crippen LogP contribution in [0.25, 0.3) is 27.6 Å². The molecule has 1 aliphatic heterocycles. The fraction of sp³-hybridized carbons (Fsp3) is 0.261. The Morgan fingerprint density at radius 2 is 1.91 bits per heavy atom. The second-order valence-electron chi connectivity index (χ2n) is 7.83. The van der Waals surface area contributed by atoms with Crippen molar-refractivity contribution >= 4 is 39.1 Å². The monoisotopic (exact) mass is 446 g/mol. The summed E-state index contributed by atoms with van der Waals surface area (Å²) in [5.41, 5.74) is 2.33. The topological polar surface area (TPSA) is 96.8 Å². The lowest BCUT2D eigenvalue weighted by Crippen LogP contribution is -2.29. The first-order valence-electron chi connectivity index (χ1n) is 10.5. The summed E-state index contributed by atoms with van der Waals surface area (Å²) < 4.78 is 0. The molecule has 0 bridgehead atoms. The van der Waals surface area contributed by atoms with Crippen molar-refractivity contribution in [3.63, 3.8) is 0 Å². The average molecular weight is 447 g/mol. The third kappa shape index (κ3) is 3.64. The number of H-pyrrole nitrogens is 1. The van der Waals surface area contributed by atoms with Crippen molar-refractivity contribution in [2.75, 3.05) is 13.1 Å². The molecule has 5 rings (SSSR count). The average Bonchev–Trinajstić information content (AvgIpc) is 3.54. The lowest BCUT2D eigenvalue weighted by molar-refractivity contribution is -0.123. The molecule has 3 aromatic heterocycles. The van der Waals surface area contributed by atoms with Crippen molar-refractivity contribution < 1.29 is 4.79 Å². The summed E-state index contributed by atoms with van der Waals surface area (Å²) in [7, 11) is 0. The Labute approximate surface area is 188 Å². The number of aromatic amines is 1. The van der Waals surface area contributed by atoms with E-state index in [4.69, 9.17) is 0 Å². The molecule has 1 aromatic carbocycles. The molecule has 1 saturated heterocycles. The predicted octanol–water partition coefficient (Wildman–Crippen LogP) is 3.35. The molecule has 8 nitrogen and oxygen atoms in total. The molecule has 162 valence electrons. The van der Waals surface area contributed by atoms with Gasteiger partial charge in [0.15, 0.2) is 0 Å². The Bertz CT molecular complexity index is 1390. The van der Waals surface area contributed by atoms with Crippen LogP contribution in [0.3, 0.4) is 0 Å². The number of nitrogens with zero attached hydrogens (tertiary/aromatic N) is 5. The van der Waals surface area contributed by atoms with Crippen molar-refractivity contribution in [1.29, 1.82) is 0 Å². The maximum Gasteiger partial charge on any atom is 0.260 e. The smallest absolute Gasteiger partial charge is 0.260 e. The first-order chi connectivity index (χ1) is 15.5. The molecular weight excluding hydrogens is 424 g/mol. The van der Waals surface area contributed by atoms with Crippen LogP contribution in [-0.4, -0.2) is 48.9 Å². The number of nitrogens with one attached hydrogen (secondary N) is 1. The van der Waals surface area contributed by atoms with Gasteiger partial charge in [0.05, 0.1) is 22.8 Å². The summed E-state index contributed by atoms with van der Waals surface area (Å²) in [6.07, 6.45) is 5.19. The molecule has 1 N–H and O–H groups in total. The highest BCUT2D eigenvalue weighted by molar-refractivity contribution is 7.18. The number of aromatic nitrogens is 5. The van der Waals surface area contributed by atoms with Crippen LogP contribution in [0, 0.1) is 13.8 Å². The standard InChI is InChI=1S/C23H22N6O2S/c1-14-15(2)32-22-19(14)21(30)25-20(26-22)18(23(31)28-10-6-7-11-28)12-16-13-24-29(27-16)17-8-4-3-5-9-17/h3-5,8-9,12-13H,6-7,10-11H2,1-2H3,(H,25,26,30). The Hall–Kier alpha value is -3.59. The van der Waals surface area contributed by atoms with E-state index in [0.29, 0.717) is 34.6 Å². The molecule has 1 fully saturated rings. The molecule has 0 radical (unpaired) electrons. The second kappa shape index (κ2) is 8.16. The molecule has 1 amide bonds. The van der Waals surface area contributed by atoms with Crippen molar-refractivity contribution in [3.8, 4) is 5.69 Å². The fourth-order valence-corrected chi connectivity index (χ4v) is 4.91. The summed E-state index contributed by atoms with van der Waals surface area (Å²) in [6.45, 7) is 5.26. The Morgan fingerprint density at radius 3 is 2.66 bits per heavy atom. The van der Waals surface area contributed by atoms with E-state index in [2.05, 4.69) is 20.2 Å². The molecule has 4 heterocycles. The molecule has 0 unspecified atom stereocenters. The van der Waals surface area contributed by atoms with Gasteiger partial charge in [-0.25, -0.2) is 4.98 Å². The molecule has 1 aliphatic rings. The summed E-state index contributed by atoms with van der Waals surface area (Å²) in [5.74, 6) is 0.0965. The zero-order chi connectivity index (χ0) is 22.2. The number of amides is 1. The highest BCUT2D eigenvalue weighted by Gasteiger charge is 2.25. The molecule has 0 aliphatic carbocycles. The van der Waals surface area contributed by atoms with Gasteiger partial charge in [-0.3, -0.25) is 9.59 Å². The number of rotatable bonds is 4. The van der Waals surface area contributed by atoms with Crippen molar-refractivity contribution in [1.82, 2.24) is 29.9 Å². The maximum absolute atomic E-state index is 13.4. The van der Waals surface area contributed by atoms with Crippen LogP contribution >= 0.6 is 11.3 Å². The fourth-order valence-electron chi connectivity index (χ4n) is 3.88. The van der Waals surface area contributed by atoms with Crippen LogP contribution < -0.4 is 5.56 Å². The molecule has 0 saturated carbocycles. The molecule has 9 heteroatoms. The van der Waals surface area contributed by atoms with Crippen molar-refractivity contribution in [2.45, 2.75) is 26.7 Å². The summed E-state index contributed by atoms with van der Waals surface area (Å²) in [5, 5.41) is 9.40. The summed E-state index contributed by atoms with van der Waals surface area (Å²) in [6, 6.07) is 9.54. The number of aryl methyl sites for hydroxylation is 2. The van der Waals surface area contributed by atoms with Crippen molar-refractivity contribution in [2.24, 2.45) is 0 Å². The Morgan fingerprint density at radius 1 is 1.16 bits per heavy atom. The highest BCUT2D eigenvalue weighted by atomic mass is 32.1. The molecule has 0 spiro atoms. The largest absolute Gasteiger partial charge is 0.339 e. The van der Waals surface area contributed by atoms with Gasteiger partial charge in [-0.05, 0) is 50.5 Å². The van der Waals surface area contributed by atoms with Gasteiger partial charge in [0, 0.05) is 18.0 Å². The van der Waals surface area contributed by atoms with E-state index >= 15 is 0 Å². The van der Waals surface area contributed by atoms with Crippen LogP contribution in [0.4, 0.5) is 0 Å². The number of fused-ring (bicyclic) bond motifs is 1. The minimum Gasteiger partial charge on any atom is -0.339 e. The number of carbonyl (C=O) groups is 1. The zero-order valence-electron chi connectivity index (χ0n) is 17.8. The van der Waals surface area contributed by atoms with Gasteiger partial charge in [-0.2, -0.15) is 9.90 Å². The lowest BCUT2D eigenvalue weighted by Gasteiger charge is -2.17. The summed E-state index contributed by atoms with van der Waals surface area (Å²) >= 11 is 1.46. The van der Waals surface area contributed by atoms with Crippen LogP contribution in [0.1, 0.15) is 34.8 Å². The van der Waals surface area contributed by atoms with Gasteiger partial charge >= 0.3 is 0 Å². The minimum atomic E-state index is -0.236. The minimum absolute atomic E-state index is 0.163. The van der Waals surface area contributed by atoms with E-state index in [1.165, 1.54) is 16.1 Å². The number of carbonyl (C=O) groups excluding carboxylic acids is 1. The lowest BCUT2D eigenvalue weighted by atomic mass is 10.1. The van der Waals surface area contributed by atoms with Gasteiger partial charge in [0.2, 0.25) is 0 Å². The molecular formula is C23H22N6O2S. The number of likely N-dealkylation sites (tertiary alicyclic amines) is 1. The Kier molecular flexibility index (Phi) is 5.18. The number of hydrogen-bond donors (Lipinski definition) is 1. The van der Waals surface area contributed by atoms with Gasteiger partial charge in [-0.1, -0.05) is 18.2 Å². The molecule has 0 atom stereocenters. The van der Waals surface area contributed by atoms with E-state index in [1.54, 1.807) is 17.2 Å². The quantitative estimate of drug-likeness (QED) is 0.485. The number of thiophene rings is 1. The number of para-hydroxylation sites is 1. The van der Waals surface area contributed by atoms with Gasteiger partial charge in [0.25, 0.3) is 11.5 Å². The first kappa shape index (κ1) is 20.3. The molecule has 32 heavy (non-hydrogen) atoms. The van der Waals surface area contributed by atoms with Crippen LogP contribution in [-0.2, 0) is 4.79 Å². The maximum atomic E-state index is 13.4. The molecule has 4 aromatic rings. The first-order valence-corrected chi connectivity index (χ1v) is 11.3. The predicted molar refractivity (Wildman–Crippen MR) is 125 cm³/mol. The third-order valence-corrected chi connectivity index (χ3v) is 6.81. The normalized spacial score (nSPS) is 14.4. The van der Waals surface area contributed by atoms with Crippen molar-refractivity contribution in [3.05, 3.63) is 68.8 Å². The Balaban J connectivity index is 1.62.